The Labute approximate surface area is 79.1 Å². The van der Waals surface area contributed by atoms with Crippen molar-refractivity contribution in [1.29, 1.82) is 0 Å². The van der Waals surface area contributed by atoms with Crippen molar-refractivity contribution in [2.24, 2.45) is 7.05 Å². The fraction of sp³-hybridized carbons (Fsp3) is 0.375. The van der Waals surface area contributed by atoms with E-state index in [0.717, 1.165) is 10.6 Å². The zero-order chi connectivity index (χ0) is 10.7. The minimum atomic E-state index is -0.682. The highest BCUT2D eigenvalue weighted by Gasteiger charge is 2.11. The maximum absolute atomic E-state index is 11.2. The van der Waals surface area contributed by atoms with Gasteiger partial charge in [0.05, 0.1) is 6.61 Å². The van der Waals surface area contributed by atoms with Gasteiger partial charge in [-0.2, -0.15) is 0 Å². The van der Waals surface area contributed by atoms with Crippen molar-refractivity contribution in [2.45, 2.75) is 6.92 Å². The average Bonchev–Trinajstić information content (AvgIpc) is 2.11. The van der Waals surface area contributed by atoms with Crippen LogP contribution in [0, 0.1) is 0 Å². The summed E-state index contributed by atoms with van der Waals surface area (Å²) < 4.78 is 5.69. The van der Waals surface area contributed by atoms with Crippen molar-refractivity contribution in [3.63, 3.8) is 0 Å². The van der Waals surface area contributed by atoms with E-state index in [-0.39, 0.29) is 12.3 Å². The zero-order valence-corrected chi connectivity index (χ0v) is 7.86. The molecule has 0 aliphatic carbocycles. The molecule has 1 aromatic rings. The lowest BCUT2D eigenvalue weighted by Crippen LogP contribution is -2.32. The Morgan fingerprint density at radius 3 is 2.79 bits per heavy atom. The van der Waals surface area contributed by atoms with E-state index in [2.05, 4.69) is 4.74 Å². The first-order chi connectivity index (χ1) is 6.56. The van der Waals surface area contributed by atoms with Gasteiger partial charge in [0.25, 0.3) is 5.56 Å². The number of nitrogens with zero attached hydrogens (tertiary/aromatic N) is 1. The van der Waals surface area contributed by atoms with Crippen LogP contribution in [0.1, 0.15) is 17.4 Å². The van der Waals surface area contributed by atoms with Crippen LogP contribution in [-0.2, 0) is 11.8 Å². The standard InChI is InChI=1S/C8H10N2O4/c1-3-14-7(12)5-4-6(11)9-8(13)10(5)2/h4H,3H2,1-2H3,(H,9,11,13). The smallest absolute Gasteiger partial charge is 0.355 e. The van der Waals surface area contributed by atoms with Crippen molar-refractivity contribution >= 4 is 5.97 Å². The maximum Gasteiger partial charge on any atom is 0.355 e. The zero-order valence-electron chi connectivity index (χ0n) is 7.86. The number of hydrogen-bond donors (Lipinski definition) is 1. The highest BCUT2D eigenvalue weighted by molar-refractivity contribution is 5.87. The molecule has 0 amide bonds. The lowest BCUT2D eigenvalue weighted by molar-refractivity contribution is 0.0513. The van der Waals surface area contributed by atoms with E-state index in [1.165, 1.54) is 7.05 Å². The Kier molecular flexibility index (Phi) is 2.85. The largest absolute Gasteiger partial charge is 0.461 e. The number of carbonyl (C=O) groups is 1. The number of aromatic nitrogens is 2. The van der Waals surface area contributed by atoms with Gasteiger partial charge in [-0.05, 0) is 6.92 Å². The van der Waals surface area contributed by atoms with E-state index in [4.69, 9.17) is 0 Å². The molecule has 0 aliphatic heterocycles. The van der Waals surface area contributed by atoms with Gasteiger partial charge >= 0.3 is 11.7 Å². The lowest BCUT2D eigenvalue weighted by Gasteiger charge is -2.04. The van der Waals surface area contributed by atoms with E-state index >= 15 is 0 Å². The number of hydrogen-bond acceptors (Lipinski definition) is 4. The molecule has 0 fully saturated rings. The molecule has 0 aliphatic rings. The quantitative estimate of drug-likeness (QED) is 0.634. The number of carbonyl (C=O) groups excluding carboxylic acids is 1. The van der Waals surface area contributed by atoms with Gasteiger partial charge < -0.3 is 4.74 Å². The number of aromatic amines is 1. The van der Waals surface area contributed by atoms with Gasteiger partial charge in [0.2, 0.25) is 0 Å². The molecule has 0 radical (unpaired) electrons. The second-order valence-electron chi connectivity index (χ2n) is 2.60. The van der Waals surface area contributed by atoms with Gasteiger partial charge in [0.1, 0.15) is 5.69 Å². The van der Waals surface area contributed by atoms with E-state index in [1.807, 2.05) is 4.98 Å². The molecule has 6 heteroatoms. The van der Waals surface area contributed by atoms with E-state index in [0.29, 0.717) is 0 Å². The van der Waals surface area contributed by atoms with Crippen LogP contribution in [0.3, 0.4) is 0 Å². The summed E-state index contributed by atoms with van der Waals surface area (Å²) >= 11 is 0. The minimum absolute atomic E-state index is 0.0550. The molecular formula is C8H10N2O4. The SMILES string of the molecule is CCOC(=O)c1cc(=O)[nH]c(=O)n1C. The molecule has 14 heavy (non-hydrogen) atoms. The Morgan fingerprint density at radius 1 is 1.57 bits per heavy atom. The van der Waals surface area contributed by atoms with Crippen LogP contribution in [0.5, 0.6) is 0 Å². The molecule has 1 rings (SSSR count). The molecule has 0 atom stereocenters. The van der Waals surface area contributed by atoms with Crippen molar-refractivity contribution in [3.8, 4) is 0 Å². The van der Waals surface area contributed by atoms with Crippen LogP contribution in [0.25, 0.3) is 0 Å². The van der Waals surface area contributed by atoms with Crippen LogP contribution >= 0.6 is 0 Å². The number of ether oxygens (including phenoxy) is 1. The highest BCUT2D eigenvalue weighted by Crippen LogP contribution is 1.93. The third-order valence-electron chi connectivity index (χ3n) is 1.65. The summed E-state index contributed by atoms with van der Waals surface area (Å²) in [5, 5.41) is 0. The van der Waals surface area contributed by atoms with E-state index < -0.39 is 17.2 Å². The fourth-order valence-corrected chi connectivity index (χ4v) is 0.957. The number of nitrogens with one attached hydrogen (secondary N) is 1. The van der Waals surface area contributed by atoms with Crippen LogP contribution in [0.15, 0.2) is 15.7 Å². The van der Waals surface area contributed by atoms with Crippen molar-refractivity contribution in [1.82, 2.24) is 9.55 Å². The first-order valence-electron chi connectivity index (χ1n) is 4.03. The predicted molar refractivity (Wildman–Crippen MR) is 48.3 cm³/mol. The average molecular weight is 198 g/mol. The Balaban J connectivity index is 3.27. The van der Waals surface area contributed by atoms with Crippen LogP contribution in [0.4, 0.5) is 0 Å². The molecule has 1 aromatic heterocycles. The molecule has 0 aromatic carbocycles. The Hall–Kier alpha value is -1.85. The third kappa shape index (κ3) is 1.90. The molecule has 0 saturated heterocycles. The molecule has 0 bridgehead atoms. The molecule has 1 N–H and O–H groups in total. The summed E-state index contributed by atoms with van der Waals surface area (Å²) in [6.07, 6.45) is 0. The number of esters is 1. The van der Waals surface area contributed by atoms with E-state index in [9.17, 15) is 14.4 Å². The molecule has 1 heterocycles. The molecule has 6 nitrogen and oxygen atoms in total. The van der Waals surface area contributed by atoms with Crippen LogP contribution in [-0.4, -0.2) is 22.1 Å². The summed E-state index contributed by atoms with van der Waals surface area (Å²) in [6, 6.07) is 1.03. The minimum Gasteiger partial charge on any atom is -0.461 e. The summed E-state index contributed by atoms with van der Waals surface area (Å²) in [4.78, 5) is 35.2. The summed E-state index contributed by atoms with van der Waals surface area (Å²) in [5.74, 6) is -0.682. The van der Waals surface area contributed by atoms with Gasteiger partial charge in [0.15, 0.2) is 0 Å². The summed E-state index contributed by atoms with van der Waals surface area (Å²) in [6.45, 7) is 1.84. The summed E-state index contributed by atoms with van der Waals surface area (Å²) in [5.41, 5.74) is -1.31. The van der Waals surface area contributed by atoms with Gasteiger partial charge in [-0.15, -0.1) is 0 Å². The topological polar surface area (TPSA) is 81.2 Å². The Bertz CT molecular complexity index is 457. The van der Waals surface area contributed by atoms with Crippen LogP contribution in [0.2, 0.25) is 0 Å². The number of rotatable bonds is 2. The van der Waals surface area contributed by atoms with Crippen LogP contribution < -0.4 is 11.2 Å². The molecule has 0 spiro atoms. The number of H-pyrrole nitrogens is 1. The molecular weight excluding hydrogens is 188 g/mol. The molecule has 0 unspecified atom stereocenters. The van der Waals surface area contributed by atoms with Crippen molar-refractivity contribution in [2.75, 3.05) is 6.61 Å². The van der Waals surface area contributed by atoms with Crippen molar-refractivity contribution in [3.05, 3.63) is 32.6 Å². The summed E-state index contributed by atoms with van der Waals surface area (Å²) in [7, 11) is 1.38. The van der Waals surface area contributed by atoms with Gasteiger partial charge in [0, 0.05) is 13.1 Å². The molecule has 76 valence electrons. The highest BCUT2D eigenvalue weighted by atomic mass is 16.5. The maximum atomic E-state index is 11.2. The second-order valence-corrected chi connectivity index (χ2v) is 2.60. The van der Waals surface area contributed by atoms with Gasteiger partial charge in [-0.3, -0.25) is 14.3 Å². The molecule has 0 saturated carbocycles. The second kappa shape index (κ2) is 3.91. The Morgan fingerprint density at radius 2 is 2.21 bits per heavy atom. The first kappa shape index (κ1) is 10.2. The van der Waals surface area contributed by atoms with Gasteiger partial charge in [-0.1, -0.05) is 0 Å². The predicted octanol–water partition coefficient (Wildman–Crippen LogP) is -0.750. The van der Waals surface area contributed by atoms with Gasteiger partial charge in [-0.25, -0.2) is 9.59 Å². The third-order valence-corrected chi connectivity index (χ3v) is 1.65. The fourth-order valence-electron chi connectivity index (χ4n) is 0.957. The van der Waals surface area contributed by atoms with Crippen molar-refractivity contribution < 1.29 is 9.53 Å². The normalized spacial score (nSPS) is 9.86. The first-order valence-corrected chi connectivity index (χ1v) is 4.03. The van der Waals surface area contributed by atoms with E-state index in [1.54, 1.807) is 6.92 Å². The monoisotopic (exact) mass is 198 g/mol. The lowest BCUT2D eigenvalue weighted by atomic mass is 10.4.